The standard InChI is InChI=1S/C15H14ClF2N/c16-15-11(5-3-7-14(15)18)9-12(19)8-10-4-1-2-6-13(10)17/h1-7,12H,8-9,19H2. The van der Waals surface area contributed by atoms with Crippen LogP contribution in [0.15, 0.2) is 42.5 Å². The molecule has 4 heteroatoms. The molecule has 100 valence electrons. The number of rotatable bonds is 4. The molecule has 0 aliphatic carbocycles. The van der Waals surface area contributed by atoms with Crippen molar-refractivity contribution in [2.24, 2.45) is 5.73 Å². The third-order valence-corrected chi connectivity index (χ3v) is 3.38. The van der Waals surface area contributed by atoms with Gasteiger partial charge in [-0.15, -0.1) is 0 Å². The van der Waals surface area contributed by atoms with E-state index in [-0.39, 0.29) is 16.9 Å². The van der Waals surface area contributed by atoms with Crippen LogP contribution in [0.4, 0.5) is 8.78 Å². The molecular weight excluding hydrogens is 268 g/mol. The lowest BCUT2D eigenvalue weighted by Gasteiger charge is -2.13. The summed E-state index contributed by atoms with van der Waals surface area (Å²) >= 11 is 5.87. The Morgan fingerprint density at radius 2 is 1.47 bits per heavy atom. The van der Waals surface area contributed by atoms with Gasteiger partial charge in [-0.05, 0) is 36.1 Å². The number of benzene rings is 2. The molecule has 0 saturated heterocycles. The SMILES string of the molecule is NC(Cc1ccccc1F)Cc1cccc(F)c1Cl. The lowest BCUT2D eigenvalue weighted by Crippen LogP contribution is -2.26. The summed E-state index contributed by atoms with van der Waals surface area (Å²) in [5.41, 5.74) is 7.18. The first-order valence-electron chi connectivity index (χ1n) is 6.00. The molecule has 0 aromatic heterocycles. The van der Waals surface area contributed by atoms with Gasteiger partial charge in [0.15, 0.2) is 0 Å². The second-order valence-corrected chi connectivity index (χ2v) is 4.85. The van der Waals surface area contributed by atoms with Gasteiger partial charge in [0, 0.05) is 6.04 Å². The lowest BCUT2D eigenvalue weighted by atomic mass is 9.99. The number of hydrogen-bond donors (Lipinski definition) is 1. The van der Waals surface area contributed by atoms with Crippen molar-refractivity contribution in [2.45, 2.75) is 18.9 Å². The van der Waals surface area contributed by atoms with Gasteiger partial charge in [0.2, 0.25) is 0 Å². The fraction of sp³-hybridized carbons (Fsp3) is 0.200. The van der Waals surface area contributed by atoms with Gasteiger partial charge < -0.3 is 5.73 Å². The third kappa shape index (κ3) is 3.52. The largest absolute Gasteiger partial charge is 0.327 e. The normalized spacial score (nSPS) is 12.4. The predicted octanol–water partition coefficient (Wildman–Crippen LogP) is 3.73. The third-order valence-electron chi connectivity index (χ3n) is 2.95. The lowest BCUT2D eigenvalue weighted by molar-refractivity contribution is 0.581. The van der Waals surface area contributed by atoms with Crippen molar-refractivity contribution in [1.82, 2.24) is 0 Å². The molecule has 0 spiro atoms. The van der Waals surface area contributed by atoms with E-state index in [2.05, 4.69) is 0 Å². The van der Waals surface area contributed by atoms with Crippen molar-refractivity contribution in [2.75, 3.05) is 0 Å². The van der Waals surface area contributed by atoms with Crippen LogP contribution in [0, 0.1) is 11.6 Å². The van der Waals surface area contributed by atoms with Crippen molar-refractivity contribution in [3.63, 3.8) is 0 Å². The molecule has 0 saturated carbocycles. The highest BCUT2D eigenvalue weighted by atomic mass is 35.5. The Bertz CT molecular complexity index is 572. The van der Waals surface area contributed by atoms with E-state index < -0.39 is 5.82 Å². The van der Waals surface area contributed by atoms with Crippen LogP contribution >= 0.6 is 11.6 Å². The highest BCUT2D eigenvalue weighted by Crippen LogP contribution is 2.21. The molecule has 1 nitrogen and oxygen atoms in total. The van der Waals surface area contributed by atoms with E-state index in [0.717, 1.165) is 0 Å². The van der Waals surface area contributed by atoms with Gasteiger partial charge in [-0.25, -0.2) is 8.78 Å². The van der Waals surface area contributed by atoms with Crippen LogP contribution in [0.1, 0.15) is 11.1 Å². The zero-order chi connectivity index (χ0) is 13.8. The van der Waals surface area contributed by atoms with E-state index in [4.69, 9.17) is 17.3 Å². The van der Waals surface area contributed by atoms with Gasteiger partial charge >= 0.3 is 0 Å². The second kappa shape index (κ2) is 6.13. The van der Waals surface area contributed by atoms with Crippen molar-refractivity contribution < 1.29 is 8.78 Å². The molecule has 0 radical (unpaired) electrons. The zero-order valence-electron chi connectivity index (χ0n) is 10.2. The zero-order valence-corrected chi connectivity index (χ0v) is 11.0. The van der Waals surface area contributed by atoms with Crippen molar-refractivity contribution in [3.8, 4) is 0 Å². The minimum absolute atomic E-state index is 0.0893. The maximum atomic E-state index is 13.5. The van der Waals surface area contributed by atoms with E-state index in [0.29, 0.717) is 24.0 Å². The summed E-state index contributed by atoms with van der Waals surface area (Å²) in [4.78, 5) is 0. The maximum Gasteiger partial charge on any atom is 0.142 e. The average Bonchev–Trinajstić information content (AvgIpc) is 2.38. The van der Waals surface area contributed by atoms with Gasteiger partial charge in [0.1, 0.15) is 11.6 Å². The van der Waals surface area contributed by atoms with Crippen LogP contribution in [-0.4, -0.2) is 6.04 Å². The van der Waals surface area contributed by atoms with Crippen molar-refractivity contribution >= 4 is 11.6 Å². The molecule has 2 N–H and O–H groups in total. The highest BCUT2D eigenvalue weighted by molar-refractivity contribution is 6.31. The molecule has 0 bridgehead atoms. The Kier molecular flexibility index (Phi) is 4.51. The van der Waals surface area contributed by atoms with Crippen LogP contribution in [0.2, 0.25) is 5.02 Å². The van der Waals surface area contributed by atoms with Crippen LogP contribution in [0.25, 0.3) is 0 Å². The first-order valence-corrected chi connectivity index (χ1v) is 6.37. The van der Waals surface area contributed by atoms with Crippen molar-refractivity contribution in [3.05, 3.63) is 70.2 Å². The molecule has 2 aromatic carbocycles. The van der Waals surface area contributed by atoms with Gasteiger partial charge in [-0.1, -0.05) is 41.9 Å². The molecule has 0 aliphatic rings. The Morgan fingerprint density at radius 1 is 0.895 bits per heavy atom. The summed E-state index contributed by atoms with van der Waals surface area (Å²) in [7, 11) is 0. The second-order valence-electron chi connectivity index (χ2n) is 4.47. The Labute approximate surface area is 116 Å². The van der Waals surface area contributed by atoms with Crippen LogP contribution in [0.3, 0.4) is 0 Å². The molecule has 0 fully saturated rings. The molecule has 0 amide bonds. The molecule has 2 aromatic rings. The minimum atomic E-state index is -0.461. The molecule has 1 atom stereocenters. The van der Waals surface area contributed by atoms with E-state index in [1.165, 1.54) is 12.1 Å². The molecule has 0 aliphatic heterocycles. The topological polar surface area (TPSA) is 26.0 Å². The molecule has 1 unspecified atom stereocenters. The monoisotopic (exact) mass is 281 g/mol. The first-order chi connectivity index (χ1) is 9.08. The first kappa shape index (κ1) is 14.0. The van der Waals surface area contributed by atoms with Gasteiger partial charge in [-0.3, -0.25) is 0 Å². The Morgan fingerprint density at radius 3 is 2.21 bits per heavy atom. The van der Waals surface area contributed by atoms with Crippen LogP contribution in [0.5, 0.6) is 0 Å². The summed E-state index contributed by atoms with van der Waals surface area (Å²) in [5, 5.41) is 0.0893. The Hall–Kier alpha value is -1.45. The van der Waals surface area contributed by atoms with E-state index in [9.17, 15) is 8.78 Å². The van der Waals surface area contributed by atoms with Gasteiger partial charge in [-0.2, -0.15) is 0 Å². The van der Waals surface area contributed by atoms with Crippen LogP contribution in [-0.2, 0) is 12.8 Å². The summed E-state index contributed by atoms with van der Waals surface area (Å²) in [6.45, 7) is 0. The smallest absolute Gasteiger partial charge is 0.142 e. The summed E-state index contributed by atoms with van der Waals surface area (Å²) in [6.07, 6.45) is 0.796. The summed E-state index contributed by atoms with van der Waals surface area (Å²) in [6, 6.07) is 10.8. The van der Waals surface area contributed by atoms with Crippen LogP contribution < -0.4 is 5.73 Å². The fourth-order valence-electron chi connectivity index (χ4n) is 2.01. The van der Waals surface area contributed by atoms with Crippen molar-refractivity contribution in [1.29, 1.82) is 0 Å². The predicted molar refractivity (Wildman–Crippen MR) is 73.2 cm³/mol. The quantitative estimate of drug-likeness (QED) is 0.908. The van der Waals surface area contributed by atoms with E-state index in [1.54, 1.807) is 30.3 Å². The maximum absolute atomic E-state index is 13.5. The number of hydrogen-bond acceptors (Lipinski definition) is 1. The van der Waals surface area contributed by atoms with E-state index >= 15 is 0 Å². The molecule has 2 rings (SSSR count). The molecular formula is C15H14ClF2N. The molecule has 19 heavy (non-hydrogen) atoms. The highest BCUT2D eigenvalue weighted by Gasteiger charge is 2.12. The van der Waals surface area contributed by atoms with E-state index in [1.807, 2.05) is 0 Å². The summed E-state index contributed by atoms with van der Waals surface area (Å²) < 4.78 is 26.8. The number of nitrogens with two attached hydrogens (primary N) is 1. The summed E-state index contributed by atoms with van der Waals surface area (Å²) in [5.74, 6) is -0.736. The van der Waals surface area contributed by atoms with Gasteiger partial charge in [0.05, 0.1) is 5.02 Å². The average molecular weight is 282 g/mol. The minimum Gasteiger partial charge on any atom is -0.327 e. The molecule has 0 heterocycles. The number of halogens is 3. The van der Waals surface area contributed by atoms with Gasteiger partial charge in [0.25, 0.3) is 0 Å². The fourth-order valence-corrected chi connectivity index (χ4v) is 2.21. The Balaban J connectivity index is 2.08.